The molecule has 2 aromatic carbocycles. The summed E-state index contributed by atoms with van der Waals surface area (Å²) in [6.45, 7) is -0.461. The Morgan fingerprint density at radius 3 is 2.52 bits per heavy atom. The summed E-state index contributed by atoms with van der Waals surface area (Å²) in [5.41, 5.74) is 3.08. The van der Waals surface area contributed by atoms with E-state index in [2.05, 4.69) is 21.4 Å². The van der Waals surface area contributed by atoms with Crippen molar-refractivity contribution in [3.05, 3.63) is 69.2 Å². The van der Waals surface area contributed by atoms with Crippen LogP contribution in [0, 0.1) is 5.92 Å². The van der Waals surface area contributed by atoms with Gasteiger partial charge < -0.3 is 4.74 Å². The lowest BCUT2D eigenvalue weighted by molar-refractivity contribution is -0.147. The molecule has 1 atom stereocenters. The number of carbonyl (C=O) groups excluding carboxylic acids is 4. The van der Waals surface area contributed by atoms with E-state index >= 15 is 0 Å². The van der Waals surface area contributed by atoms with E-state index in [-0.39, 0.29) is 29.3 Å². The number of benzene rings is 2. The first-order chi connectivity index (χ1) is 13.8. The Morgan fingerprint density at radius 1 is 1.14 bits per heavy atom. The molecule has 29 heavy (non-hydrogen) atoms. The van der Waals surface area contributed by atoms with Crippen LogP contribution in [-0.2, 0) is 14.3 Å². The molecule has 2 amide bonds. The van der Waals surface area contributed by atoms with Gasteiger partial charge in [0, 0.05) is 16.5 Å². The van der Waals surface area contributed by atoms with Crippen molar-refractivity contribution >= 4 is 51.1 Å². The first kappa shape index (κ1) is 21.0. The molecule has 0 radical (unpaired) electrons. The largest absolute Gasteiger partial charge is 0.457 e. The molecule has 2 aromatic rings. The first-order valence-corrected chi connectivity index (χ1v) is 9.83. The fraction of sp³-hybridized carbons (Fsp3) is 0.200. The summed E-state index contributed by atoms with van der Waals surface area (Å²) in [7, 11) is 0. The SMILES string of the molecule is O=C(COC(=O)[C@@H]1CC(=O)N(NC(=O)c2ccccc2Cl)C1)c1ccc(Br)cc1. The summed E-state index contributed by atoms with van der Waals surface area (Å²) in [5.74, 6) is -2.76. The molecule has 1 saturated heterocycles. The zero-order valence-corrected chi connectivity index (χ0v) is 17.4. The molecule has 0 spiro atoms. The van der Waals surface area contributed by atoms with E-state index in [1.54, 1.807) is 42.5 Å². The highest BCUT2D eigenvalue weighted by Gasteiger charge is 2.37. The number of ketones is 1. The maximum Gasteiger partial charge on any atom is 0.311 e. The molecule has 1 heterocycles. The number of hydrogen-bond donors (Lipinski definition) is 1. The highest BCUT2D eigenvalue weighted by Crippen LogP contribution is 2.20. The second kappa shape index (κ2) is 9.19. The van der Waals surface area contributed by atoms with E-state index in [0.717, 1.165) is 9.48 Å². The molecule has 3 rings (SSSR count). The number of hydrogen-bond acceptors (Lipinski definition) is 5. The summed E-state index contributed by atoms with van der Waals surface area (Å²) in [4.78, 5) is 48.8. The maximum atomic E-state index is 12.3. The van der Waals surface area contributed by atoms with E-state index in [4.69, 9.17) is 16.3 Å². The molecular weight excluding hydrogens is 464 g/mol. The lowest BCUT2D eigenvalue weighted by Crippen LogP contribution is -2.43. The molecule has 0 bridgehead atoms. The fourth-order valence-corrected chi connectivity index (χ4v) is 3.26. The Balaban J connectivity index is 1.53. The van der Waals surface area contributed by atoms with Crippen LogP contribution in [0.5, 0.6) is 0 Å². The average Bonchev–Trinajstić information content (AvgIpc) is 3.07. The zero-order chi connectivity index (χ0) is 21.0. The molecule has 0 unspecified atom stereocenters. The number of hydrazine groups is 1. The van der Waals surface area contributed by atoms with E-state index in [0.29, 0.717) is 5.56 Å². The number of nitrogens with one attached hydrogen (secondary N) is 1. The topological polar surface area (TPSA) is 92.8 Å². The Morgan fingerprint density at radius 2 is 1.83 bits per heavy atom. The van der Waals surface area contributed by atoms with E-state index in [1.165, 1.54) is 6.07 Å². The number of rotatable bonds is 6. The molecule has 0 aromatic heterocycles. The van der Waals surface area contributed by atoms with Crippen LogP contribution in [0.25, 0.3) is 0 Å². The van der Waals surface area contributed by atoms with E-state index < -0.39 is 30.3 Å². The van der Waals surface area contributed by atoms with Crippen LogP contribution in [-0.4, -0.2) is 41.7 Å². The minimum absolute atomic E-state index is 0.0413. The van der Waals surface area contributed by atoms with Gasteiger partial charge >= 0.3 is 5.97 Å². The first-order valence-electron chi connectivity index (χ1n) is 8.66. The van der Waals surface area contributed by atoms with Crippen LogP contribution in [0.2, 0.25) is 5.02 Å². The van der Waals surface area contributed by atoms with Crippen molar-refractivity contribution < 1.29 is 23.9 Å². The number of carbonyl (C=O) groups is 4. The standard InChI is InChI=1S/C20H16BrClN2O5/c21-14-7-5-12(6-8-14)17(25)11-29-20(28)13-9-18(26)24(10-13)23-19(27)15-3-1-2-4-16(15)22/h1-8,13H,9-11H2,(H,23,27)/t13-/m1/s1. The molecule has 0 aliphatic carbocycles. The summed E-state index contributed by atoms with van der Waals surface area (Å²) in [6.07, 6.45) is -0.117. The van der Waals surface area contributed by atoms with E-state index in [1.807, 2.05) is 0 Å². The van der Waals surface area contributed by atoms with Crippen LogP contribution >= 0.6 is 27.5 Å². The van der Waals surface area contributed by atoms with Gasteiger partial charge in [-0.1, -0.05) is 51.8 Å². The number of ether oxygens (including phenoxy) is 1. The van der Waals surface area contributed by atoms with Crippen molar-refractivity contribution in [2.24, 2.45) is 5.92 Å². The minimum atomic E-state index is -0.772. The summed E-state index contributed by atoms with van der Waals surface area (Å²) in [6, 6.07) is 13.1. The summed E-state index contributed by atoms with van der Waals surface area (Å²) in [5, 5.41) is 1.31. The minimum Gasteiger partial charge on any atom is -0.457 e. The Labute approximate surface area is 180 Å². The molecular formula is C20H16BrClN2O5. The van der Waals surface area contributed by atoms with Crippen LogP contribution in [0.15, 0.2) is 53.0 Å². The van der Waals surface area contributed by atoms with Crippen LogP contribution in [0.1, 0.15) is 27.1 Å². The second-order valence-corrected chi connectivity index (χ2v) is 7.69. The lowest BCUT2D eigenvalue weighted by Gasteiger charge is -2.18. The van der Waals surface area contributed by atoms with Crippen molar-refractivity contribution in [2.45, 2.75) is 6.42 Å². The van der Waals surface area contributed by atoms with Gasteiger partial charge in [-0.3, -0.25) is 29.6 Å². The van der Waals surface area contributed by atoms with E-state index in [9.17, 15) is 19.2 Å². The highest BCUT2D eigenvalue weighted by molar-refractivity contribution is 9.10. The van der Waals surface area contributed by atoms with Crippen LogP contribution in [0.3, 0.4) is 0 Å². The predicted octanol–water partition coefficient (Wildman–Crippen LogP) is 3.02. The molecule has 1 N–H and O–H groups in total. The monoisotopic (exact) mass is 478 g/mol. The molecule has 1 fully saturated rings. The smallest absolute Gasteiger partial charge is 0.311 e. The number of amides is 2. The number of Topliss-reactive ketones (excluding diaryl/α,β-unsaturated/α-hetero) is 1. The number of nitrogens with zero attached hydrogens (tertiary/aromatic N) is 1. The van der Waals surface area contributed by atoms with Gasteiger partial charge in [0.1, 0.15) is 0 Å². The third kappa shape index (κ3) is 5.21. The normalized spacial score (nSPS) is 15.9. The maximum absolute atomic E-state index is 12.3. The van der Waals surface area contributed by atoms with Crippen molar-refractivity contribution in [3.63, 3.8) is 0 Å². The third-order valence-electron chi connectivity index (χ3n) is 4.33. The fourth-order valence-electron chi connectivity index (χ4n) is 2.78. The van der Waals surface area contributed by atoms with Gasteiger partial charge in [0.25, 0.3) is 5.91 Å². The van der Waals surface area contributed by atoms with Crippen molar-refractivity contribution in [1.29, 1.82) is 0 Å². The molecule has 150 valence electrons. The summed E-state index contributed by atoms with van der Waals surface area (Å²) < 4.78 is 5.89. The van der Waals surface area contributed by atoms with Gasteiger partial charge in [-0.25, -0.2) is 0 Å². The quantitative estimate of drug-likeness (QED) is 0.508. The van der Waals surface area contributed by atoms with Gasteiger partial charge in [-0.15, -0.1) is 0 Å². The zero-order valence-electron chi connectivity index (χ0n) is 15.1. The summed E-state index contributed by atoms with van der Waals surface area (Å²) >= 11 is 9.26. The highest BCUT2D eigenvalue weighted by atomic mass is 79.9. The molecule has 1 aliphatic rings. The van der Waals surface area contributed by atoms with Gasteiger partial charge in [-0.05, 0) is 24.3 Å². The van der Waals surface area contributed by atoms with Gasteiger partial charge in [0.05, 0.1) is 23.0 Å². The Kier molecular flexibility index (Phi) is 6.66. The molecule has 0 saturated carbocycles. The van der Waals surface area contributed by atoms with Gasteiger partial charge in [0.2, 0.25) is 5.91 Å². The number of halogens is 2. The van der Waals surface area contributed by atoms with Crippen molar-refractivity contribution in [1.82, 2.24) is 10.4 Å². The van der Waals surface area contributed by atoms with Crippen molar-refractivity contribution in [2.75, 3.05) is 13.2 Å². The molecule has 9 heteroatoms. The molecule has 7 nitrogen and oxygen atoms in total. The van der Waals surface area contributed by atoms with Crippen LogP contribution < -0.4 is 5.43 Å². The number of esters is 1. The lowest BCUT2D eigenvalue weighted by atomic mass is 10.1. The van der Waals surface area contributed by atoms with Crippen LogP contribution in [0.4, 0.5) is 0 Å². The third-order valence-corrected chi connectivity index (χ3v) is 5.18. The van der Waals surface area contributed by atoms with Crippen molar-refractivity contribution in [3.8, 4) is 0 Å². The average molecular weight is 480 g/mol. The Hall–Kier alpha value is -2.71. The van der Waals surface area contributed by atoms with Gasteiger partial charge in [-0.2, -0.15) is 0 Å². The molecule has 1 aliphatic heterocycles. The predicted molar refractivity (Wildman–Crippen MR) is 108 cm³/mol. The Bertz CT molecular complexity index is 964. The second-order valence-electron chi connectivity index (χ2n) is 6.36. The van der Waals surface area contributed by atoms with Gasteiger partial charge in [0.15, 0.2) is 12.4 Å².